The number of piperazine rings is 1. The van der Waals surface area contributed by atoms with E-state index in [-0.39, 0.29) is 11.9 Å². The summed E-state index contributed by atoms with van der Waals surface area (Å²) >= 11 is 0. The molecule has 1 atom stereocenters. The summed E-state index contributed by atoms with van der Waals surface area (Å²) in [7, 11) is 0. The number of rotatable bonds is 5. The van der Waals surface area contributed by atoms with Gasteiger partial charge in [0.05, 0.1) is 0 Å². The molecule has 3 rings (SSSR count). The molecule has 0 bridgehead atoms. The Hall–Kier alpha value is -2.17. The van der Waals surface area contributed by atoms with Crippen molar-refractivity contribution in [2.45, 2.75) is 26.4 Å². The highest BCUT2D eigenvalue weighted by Crippen LogP contribution is 2.05. The number of amides is 1. The zero-order valence-corrected chi connectivity index (χ0v) is 15.2. The zero-order valence-electron chi connectivity index (χ0n) is 15.2. The molecule has 4 heteroatoms. The van der Waals surface area contributed by atoms with E-state index in [1.165, 1.54) is 16.0 Å². The monoisotopic (exact) mass is 339 g/mol. The largest absolute Gasteiger partial charge is 0.322 e. The lowest BCUT2D eigenvalue weighted by Crippen LogP contribution is -3.29. The Bertz CT molecular complexity index is 693. The molecule has 4 nitrogen and oxygen atoms in total. The van der Waals surface area contributed by atoms with Gasteiger partial charge in [0, 0.05) is 11.3 Å². The number of hydrogen-bond acceptors (Lipinski definition) is 1. The Labute approximate surface area is 150 Å². The van der Waals surface area contributed by atoms with Crippen LogP contribution in [0.2, 0.25) is 0 Å². The van der Waals surface area contributed by atoms with Crippen molar-refractivity contribution in [1.82, 2.24) is 0 Å². The van der Waals surface area contributed by atoms with Crippen LogP contribution in [0.5, 0.6) is 0 Å². The van der Waals surface area contributed by atoms with Crippen molar-refractivity contribution in [2.75, 3.05) is 31.5 Å². The van der Waals surface area contributed by atoms with Gasteiger partial charge in [-0.25, -0.2) is 0 Å². The highest BCUT2D eigenvalue weighted by atomic mass is 16.2. The average molecular weight is 339 g/mol. The second-order valence-electron chi connectivity index (χ2n) is 7.09. The fourth-order valence-electron chi connectivity index (χ4n) is 3.57. The molecule has 132 valence electrons. The highest BCUT2D eigenvalue weighted by Gasteiger charge is 2.31. The lowest BCUT2D eigenvalue weighted by Gasteiger charge is -2.32. The minimum Gasteiger partial charge on any atom is -0.322 e. The first-order valence-corrected chi connectivity index (χ1v) is 9.22. The van der Waals surface area contributed by atoms with Gasteiger partial charge in [-0.15, -0.1) is 0 Å². The number of hydrogen-bond donors (Lipinski definition) is 3. The minimum absolute atomic E-state index is 0.0137. The van der Waals surface area contributed by atoms with E-state index in [0.717, 1.165) is 38.4 Å². The lowest BCUT2D eigenvalue weighted by atomic mass is 10.1. The van der Waals surface area contributed by atoms with Crippen LogP contribution in [0.3, 0.4) is 0 Å². The van der Waals surface area contributed by atoms with Crippen molar-refractivity contribution < 1.29 is 14.6 Å². The quantitative estimate of drug-likeness (QED) is 0.721. The molecule has 1 saturated heterocycles. The number of anilines is 1. The van der Waals surface area contributed by atoms with Gasteiger partial charge in [0.2, 0.25) is 0 Å². The van der Waals surface area contributed by atoms with Crippen LogP contribution in [0.15, 0.2) is 54.6 Å². The summed E-state index contributed by atoms with van der Waals surface area (Å²) in [5.74, 6) is 0.114. The van der Waals surface area contributed by atoms with E-state index in [1.807, 2.05) is 37.3 Å². The van der Waals surface area contributed by atoms with Crippen molar-refractivity contribution in [3.8, 4) is 0 Å². The second kappa shape index (κ2) is 8.28. The maximum Gasteiger partial charge on any atom is 0.282 e. The number of benzene rings is 2. The fraction of sp³-hybridized carbons (Fsp3) is 0.381. The first-order valence-electron chi connectivity index (χ1n) is 9.22. The molecular weight excluding hydrogens is 310 g/mol. The maximum atomic E-state index is 12.5. The Kier molecular flexibility index (Phi) is 5.84. The highest BCUT2D eigenvalue weighted by molar-refractivity contribution is 5.93. The normalized spacial score (nSPS) is 21.5. The number of nitrogens with one attached hydrogen (secondary N) is 3. The van der Waals surface area contributed by atoms with E-state index in [9.17, 15) is 4.79 Å². The van der Waals surface area contributed by atoms with Gasteiger partial charge in [0.1, 0.15) is 32.7 Å². The molecule has 1 aliphatic rings. The van der Waals surface area contributed by atoms with Crippen molar-refractivity contribution in [3.05, 3.63) is 65.7 Å². The fourth-order valence-corrected chi connectivity index (χ4v) is 3.57. The third kappa shape index (κ3) is 4.68. The van der Waals surface area contributed by atoms with E-state index in [2.05, 4.69) is 36.5 Å². The number of aryl methyl sites for hydroxylation is 1. The predicted molar refractivity (Wildman–Crippen MR) is 101 cm³/mol. The smallest absolute Gasteiger partial charge is 0.282 e. The van der Waals surface area contributed by atoms with Gasteiger partial charge < -0.3 is 15.1 Å². The summed E-state index contributed by atoms with van der Waals surface area (Å²) < 4.78 is 0. The zero-order chi connectivity index (χ0) is 17.6. The molecule has 0 aromatic heterocycles. The number of quaternary nitrogens is 2. The Morgan fingerprint density at radius 1 is 1.00 bits per heavy atom. The van der Waals surface area contributed by atoms with E-state index < -0.39 is 0 Å². The Morgan fingerprint density at radius 3 is 2.32 bits per heavy atom. The molecule has 0 spiro atoms. The molecule has 0 saturated carbocycles. The summed E-state index contributed by atoms with van der Waals surface area (Å²) in [6, 6.07) is 18.4. The van der Waals surface area contributed by atoms with Crippen LogP contribution < -0.4 is 15.1 Å². The van der Waals surface area contributed by atoms with Crippen molar-refractivity contribution >= 4 is 11.6 Å². The third-order valence-corrected chi connectivity index (χ3v) is 5.35. The summed E-state index contributed by atoms with van der Waals surface area (Å²) in [5.41, 5.74) is 3.69. The van der Waals surface area contributed by atoms with Crippen LogP contribution in [0, 0.1) is 6.92 Å². The summed E-state index contributed by atoms with van der Waals surface area (Å²) in [5, 5.41) is 3.03. The molecule has 2 aromatic rings. The third-order valence-electron chi connectivity index (χ3n) is 5.35. The lowest BCUT2D eigenvalue weighted by molar-refractivity contribution is -1.02. The molecule has 1 amide bonds. The number of carbonyl (C=O) groups is 1. The molecule has 2 aromatic carbocycles. The molecule has 1 heterocycles. The molecular formula is C21H29N3O+2. The SMILES string of the molecule is Cc1ccccc1C[NH+]1CC[NH+]([C@@H](C)C(=O)Nc2ccccc2)CC1. The van der Waals surface area contributed by atoms with Crippen LogP contribution in [0.25, 0.3) is 0 Å². The molecule has 25 heavy (non-hydrogen) atoms. The first-order chi connectivity index (χ1) is 12.1. The van der Waals surface area contributed by atoms with Crippen LogP contribution >= 0.6 is 0 Å². The van der Waals surface area contributed by atoms with Crippen molar-refractivity contribution in [1.29, 1.82) is 0 Å². The topological polar surface area (TPSA) is 38.0 Å². The number of para-hydroxylation sites is 1. The molecule has 1 aliphatic heterocycles. The molecule has 0 aliphatic carbocycles. The van der Waals surface area contributed by atoms with Crippen molar-refractivity contribution in [3.63, 3.8) is 0 Å². The summed E-state index contributed by atoms with van der Waals surface area (Å²) in [6.07, 6.45) is 0. The molecule has 0 radical (unpaired) electrons. The van der Waals surface area contributed by atoms with E-state index in [1.54, 1.807) is 4.90 Å². The Morgan fingerprint density at radius 2 is 1.64 bits per heavy atom. The van der Waals surface area contributed by atoms with Crippen LogP contribution in [-0.4, -0.2) is 38.1 Å². The molecule has 3 N–H and O–H groups in total. The summed E-state index contributed by atoms with van der Waals surface area (Å²) in [4.78, 5) is 15.5. The van der Waals surface area contributed by atoms with Gasteiger partial charge in [-0.3, -0.25) is 4.79 Å². The standard InChI is InChI=1S/C21H27N3O/c1-17-8-6-7-9-19(17)16-23-12-14-24(15-13-23)18(2)21(25)22-20-10-4-3-5-11-20/h3-11,18H,12-16H2,1-2H3,(H,22,25)/p+2/t18-/m0/s1. The number of carbonyl (C=O) groups excluding carboxylic acids is 1. The van der Waals surface area contributed by atoms with Crippen molar-refractivity contribution in [2.24, 2.45) is 0 Å². The second-order valence-corrected chi connectivity index (χ2v) is 7.09. The maximum absolute atomic E-state index is 12.5. The van der Waals surface area contributed by atoms with Gasteiger partial charge in [-0.2, -0.15) is 0 Å². The van der Waals surface area contributed by atoms with Gasteiger partial charge in [0.25, 0.3) is 5.91 Å². The first kappa shape index (κ1) is 17.6. The molecule has 0 unspecified atom stereocenters. The van der Waals surface area contributed by atoms with Crippen LogP contribution in [0.4, 0.5) is 5.69 Å². The van der Waals surface area contributed by atoms with Gasteiger partial charge in [0.15, 0.2) is 6.04 Å². The molecule has 1 fully saturated rings. The van der Waals surface area contributed by atoms with Crippen LogP contribution in [0.1, 0.15) is 18.1 Å². The van der Waals surface area contributed by atoms with Gasteiger partial charge in [-0.1, -0.05) is 42.5 Å². The van der Waals surface area contributed by atoms with Gasteiger partial charge in [-0.05, 0) is 31.5 Å². The predicted octanol–water partition coefficient (Wildman–Crippen LogP) is 0.306. The van der Waals surface area contributed by atoms with Crippen LogP contribution in [-0.2, 0) is 11.3 Å². The minimum atomic E-state index is -0.0137. The van der Waals surface area contributed by atoms with E-state index in [0.29, 0.717) is 0 Å². The Balaban J connectivity index is 1.50. The van der Waals surface area contributed by atoms with Gasteiger partial charge >= 0.3 is 0 Å². The van der Waals surface area contributed by atoms with E-state index in [4.69, 9.17) is 0 Å². The summed E-state index contributed by atoms with van der Waals surface area (Å²) in [6.45, 7) is 9.64. The van der Waals surface area contributed by atoms with E-state index >= 15 is 0 Å². The average Bonchev–Trinajstić information content (AvgIpc) is 2.64.